The summed E-state index contributed by atoms with van der Waals surface area (Å²) >= 11 is 0. The number of para-hydroxylation sites is 1. The summed E-state index contributed by atoms with van der Waals surface area (Å²) in [4.78, 5) is 2.41. The van der Waals surface area contributed by atoms with E-state index in [1.54, 1.807) is 0 Å². The van der Waals surface area contributed by atoms with Crippen LogP contribution in [0.4, 0.5) is 17.1 Å². The molecule has 0 fully saturated rings. The first-order valence-electron chi connectivity index (χ1n) is 20.3. The number of nitrogens with zero attached hydrogens (tertiary/aromatic N) is 1. The van der Waals surface area contributed by atoms with Crippen LogP contribution in [0.5, 0.6) is 0 Å². The molecule has 3 heteroatoms. The minimum atomic E-state index is -2.61. The first-order valence-corrected chi connectivity index (χ1v) is 22.3. The van der Waals surface area contributed by atoms with Crippen molar-refractivity contribution in [2.45, 2.75) is 0 Å². The van der Waals surface area contributed by atoms with Gasteiger partial charge in [-0.15, -0.1) is 0 Å². The molecule has 0 aliphatic rings. The van der Waals surface area contributed by atoms with Gasteiger partial charge in [0.2, 0.25) is 0 Å². The Hall–Kier alpha value is -7.46. The molecule has 0 spiro atoms. The fraction of sp³-hybridized carbons (Fsp3) is 0. The molecule has 11 aromatic rings. The van der Waals surface area contributed by atoms with E-state index < -0.39 is 8.07 Å². The van der Waals surface area contributed by atoms with Crippen molar-refractivity contribution >= 4 is 89.4 Å². The van der Waals surface area contributed by atoms with E-state index in [0.29, 0.717) is 0 Å². The van der Waals surface area contributed by atoms with Crippen LogP contribution < -0.4 is 25.6 Å². The van der Waals surface area contributed by atoms with Crippen LogP contribution in [0.3, 0.4) is 0 Å². The van der Waals surface area contributed by atoms with Crippen molar-refractivity contribution in [2.75, 3.05) is 4.90 Å². The van der Waals surface area contributed by atoms with Crippen molar-refractivity contribution in [1.82, 2.24) is 0 Å². The Bertz CT molecular complexity index is 3150. The predicted molar refractivity (Wildman–Crippen MR) is 252 cm³/mol. The molecule has 0 aliphatic heterocycles. The zero-order chi connectivity index (χ0) is 39.2. The molecule has 0 unspecified atom stereocenters. The van der Waals surface area contributed by atoms with Gasteiger partial charge in [-0.3, -0.25) is 0 Å². The minimum Gasteiger partial charge on any atom is -0.455 e. The van der Waals surface area contributed by atoms with Gasteiger partial charge in [0.05, 0.1) is 11.4 Å². The van der Waals surface area contributed by atoms with Crippen LogP contribution in [0.1, 0.15) is 0 Å². The van der Waals surface area contributed by atoms with E-state index in [-0.39, 0.29) is 0 Å². The molecule has 0 saturated carbocycles. The zero-order valence-corrected chi connectivity index (χ0v) is 33.4. The molecule has 0 radical (unpaired) electrons. The molecule has 0 atom stereocenters. The lowest BCUT2D eigenvalue weighted by molar-refractivity contribution is 0.672. The second-order valence-corrected chi connectivity index (χ2v) is 19.0. The van der Waals surface area contributed by atoms with Crippen molar-refractivity contribution < 1.29 is 4.42 Å². The second-order valence-electron chi connectivity index (χ2n) is 15.2. The Morgan fingerprint density at radius 3 is 1.39 bits per heavy atom. The van der Waals surface area contributed by atoms with Crippen LogP contribution in [0, 0.1) is 0 Å². The van der Waals surface area contributed by atoms with Crippen LogP contribution in [-0.4, -0.2) is 8.07 Å². The average molecular weight is 770 g/mol. The van der Waals surface area contributed by atoms with E-state index in [4.69, 9.17) is 4.42 Å². The van der Waals surface area contributed by atoms with Crippen LogP contribution in [0.15, 0.2) is 241 Å². The third kappa shape index (κ3) is 5.78. The van der Waals surface area contributed by atoms with Gasteiger partial charge in [-0.05, 0) is 73.7 Å². The molecule has 59 heavy (non-hydrogen) atoms. The van der Waals surface area contributed by atoms with Crippen molar-refractivity contribution in [3.63, 3.8) is 0 Å². The molecule has 0 N–H and O–H groups in total. The van der Waals surface area contributed by atoms with E-state index >= 15 is 0 Å². The molecular weight excluding hydrogens is 731 g/mol. The summed E-state index contributed by atoms with van der Waals surface area (Å²) in [5.74, 6) is 0. The number of rotatable bonds is 8. The standard InChI is InChI=1S/C56H39NOSi/c1-4-18-44(19-5-1)59(45-20-6-2-7-21-45,46-22-8-3-9-23-46)47-36-32-41(33-37-47)40-30-34-43(35-31-40)57(53-27-14-17-42-16-10-11-24-48(42)53)54-28-15-26-51-49(54)38-39-52-50-25-12-13-29-55(50)58-56(51)52/h1-39H. The molecule has 11 rings (SSSR count). The third-order valence-corrected chi connectivity index (χ3v) is 16.8. The third-order valence-electron chi connectivity index (χ3n) is 12.0. The van der Waals surface area contributed by atoms with Crippen molar-refractivity contribution in [2.24, 2.45) is 0 Å². The zero-order valence-electron chi connectivity index (χ0n) is 32.4. The highest BCUT2D eigenvalue weighted by atomic mass is 28.3. The van der Waals surface area contributed by atoms with Gasteiger partial charge in [-0.25, -0.2) is 0 Å². The number of fused-ring (bicyclic) bond motifs is 6. The normalized spacial score (nSPS) is 11.7. The van der Waals surface area contributed by atoms with E-state index in [2.05, 4.69) is 235 Å². The van der Waals surface area contributed by atoms with E-state index in [9.17, 15) is 0 Å². The first kappa shape index (κ1) is 34.8. The topological polar surface area (TPSA) is 16.4 Å². The Labute approximate surface area is 344 Å². The molecule has 1 heterocycles. The van der Waals surface area contributed by atoms with Crippen LogP contribution in [0.25, 0.3) is 54.6 Å². The summed E-state index contributed by atoms with van der Waals surface area (Å²) in [6.45, 7) is 0. The van der Waals surface area contributed by atoms with Crippen molar-refractivity contribution in [1.29, 1.82) is 0 Å². The highest BCUT2D eigenvalue weighted by molar-refractivity contribution is 7.19. The number of furan rings is 1. The largest absolute Gasteiger partial charge is 0.455 e. The lowest BCUT2D eigenvalue weighted by atomic mass is 10.0. The number of hydrogen-bond acceptors (Lipinski definition) is 2. The van der Waals surface area contributed by atoms with E-state index in [0.717, 1.165) is 49.8 Å². The van der Waals surface area contributed by atoms with Gasteiger partial charge >= 0.3 is 0 Å². The van der Waals surface area contributed by atoms with Crippen molar-refractivity contribution in [3.8, 4) is 11.1 Å². The van der Waals surface area contributed by atoms with Gasteiger partial charge < -0.3 is 9.32 Å². The highest BCUT2D eigenvalue weighted by Crippen LogP contribution is 2.44. The highest BCUT2D eigenvalue weighted by Gasteiger charge is 2.41. The Morgan fingerprint density at radius 1 is 0.305 bits per heavy atom. The van der Waals surface area contributed by atoms with Crippen LogP contribution >= 0.6 is 0 Å². The van der Waals surface area contributed by atoms with Gasteiger partial charge in [0, 0.05) is 32.6 Å². The van der Waals surface area contributed by atoms with E-state index in [1.165, 1.54) is 42.6 Å². The maximum absolute atomic E-state index is 6.54. The summed E-state index contributed by atoms with van der Waals surface area (Å²) in [6, 6.07) is 86.3. The molecular formula is C56H39NOSi. The number of anilines is 3. The quantitative estimate of drug-likeness (QED) is 0.113. The summed E-state index contributed by atoms with van der Waals surface area (Å²) < 4.78 is 6.54. The molecule has 0 aliphatic carbocycles. The van der Waals surface area contributed by atoms with Gasteiger partial charge in [0.15, 0.2) is 8.07 Å². The molecule has 10 aromatic carbocycles. The van der Waals surface area contributed by atoms with Crippen LogP contribution in [-0.2, 0) is 0 Å². The molecule has 278 valence electrons. The molecule has 0 saturated heterocycles. The summed E-state index contributed by atoms with van der Waals surface area (Å²) in [5.41, 5.74) is 7.49. The van der Waals surface area contributed by atoms with Gasteiger partial charge in [-0.2, -0.15) is 0 Å². The Balaban J connectivity index is 1.04. The minimum absolute atomic E-state index is 0.906. The number of hydrogen-bond donors (Lipinski definition) is 0. The lowest BCUT2D eigenvalue weighted by Crippen LogP contribution is -2.74. The van der Waals surface area contributed by atoms with E-state index in [1.807, 2.05) is 6.07 Å². The summed E-state index contributed by atoms with van der Waals surface area (Å²) in [6.07, 6.45) is 0. The summed E-state index contributed by atoms with van der Waals surface area (Å²) in [5, 5.41) is 12.4. The fourth-order valence-electron chi connectivity index (χ4n) is 9.31. The molecule has 0 amide bonds. The van der Waals surface area contributed by atoms with Gasteiger partial charge in [-0.1, -0.05) is 200 Å². The average Bonchev–Trinajstić information content (AvgIpc) is 3.71. The monoisotopic (exact) mass is 769 g/mol. The Kier molecular flexibility index (Phi) is 8.53. The van der Waals surface area contributed by atoms with Gasteiger partial charge in [0.25, 0.3) is 0 Å². The molecule has 1 aromatic heterocycles. The maximum atomic E-state index is 6.54. The number of benzene rings is 10. The lowest BCUT2D eigenvalue weighted by Gasteiger charge is -2.34. The second kappa shape index (κ2) is 14.5. The first-order chi connectivity index (χ1) is 29.3. The predicted octanol–water partition coefficient (Wildman–Crippen LogP) is 12.4. The SMILES string of the molecule is c1ccc([Si](c2ccccc2)(c2ccccc2)c2ccc(-c3ccc(N(c4cccc5ccccc45)c4cccc5c4ccc4c6ccccc6oc54)cc3)cc2)cc1. The smallest absolute Gasteiger partial charge is 0.179 e. The Morgan fingerprint density at radius 2 is 0.746 bits per heavy atom. The van der Waals surface area contributed by atoms with Gasteiger partial charge in [0.1, 0.15) is 11.2 Å². The fourth-order valence-corrected chi connectivity index (χ4v) is 14.1. The van der Waals surface area contributed by atoms with Crippen LogP contribution in [0.2, 0.25) is 0 Å². The molecule has 2 nitrogen and oxygen atoms in total. The maximum Gasteiger partial charge on any atom is 0.179 e. The summed E-state index contributed by atoms with van der Waals surface area (Å²) in [7, 11) is -2.61. The van der Waals surface area contributed by atoms with Crippen molar-refractivity contribution in [3.05, 3.63) is 237 Å². The molecule has 0 bridgehead atoms.